The first-order valence-electron chi connectivity index (χ1n) is 9.80. The number of ketones is 1. The first-order valence-corrected chi connectivity index (χ1v) is 9.80. The van der Waals surface area contributed by atoms with Gasteiger partial charge in [-0.1, -0.05) is 26.8 Å². The molecule has 0 saturated heterocycles. The van der Waals surface area contributed by atoms with E-state index in [1.165, 1.54) is 6.08 Å². The largest absolute Gasteiger partial charge is 0.396 e. The Hall–Kier alpha value is -1.26. The van der Waals surface area contributed by atoms with Crippen LogP contribution in [0.3, 0.4) is 0 Å². The molecule has 26 heavy (non-hydrogen) atoms. The highest BCUT2D eigenvalue weighted by atomic mass is 16.3. The van der Waals surface area contributed by atoms with E-state index in [1.54, 1.807) is 6.08 Å². The standard InChI is InChI=1S/C22H32O4/c1-14(6-5-11-23)19-15(25)12-17-20(2)10-8-18(26)22(4,13-24)16(20)7-9-21(17,19)3/h5-6,11,16-18,24,26H,7-10,12-13H2,1-4H3/b6-5-,19-14-/t16-,17+,18-,20+,21+,22-/m1/s1. The molecule has 0 aromatic rings. The van der Waals surface area contributed by atoms with E-state index in [2.05, 4.69) is 13.8 Å². The molecule has 0 radical (unpaired) electrons. The van der Waals surface area contributed by atoms with Gasteiger partial charge in [-0.25, -0.2) is 0 Å². The molecule has 3 aliphatic carbocycles. The van der Waals surface area contributed by atoms with Gasteiger partial charge < -0.3 is 10.2 Å². The third-order valence-electron chi connectivity index (χ3n) is 8.23. The Kier molecular flexibility index (Phi) is 4.81. The average molecular weight is 360 g/mol. The summed E-state index contributed by atoms with van der Waals surface area (Å²) in [7, 11) is 0. The smallest absolute Gasteiger partial charge is 0.160 e. The van der Waals surface area contributed by atoms with Crippen molar-refractivity contribution >= 4 is 12.1 Å². The van der Waals surface area contributed by atoms with Crippen LogP contribution in [0.25, 0.3) is 0 Å². The van der Waals surface area contributed by atoms with E-state index in [9.17, 15) is 19.8 Å². The Morgan fingerprint density at radius 3 is 2.50 bits per heavy atom. The lowest BCUT2D eigenvalue weighted by atomic mass is 9.43. The predicted molar refractivity (Wildman–Crippen MR) is 100 cm³/mol. The van der Waals surface area contributed by atoms with Crippen LogP contribution < -0.4 is 0 Å². The topological polar surface area (TPSA) is 74.6 Å². The second kappa shape index (κ2) is 6.42. The summed E-state index contributed by atoms with van der Waals surface area (Å²) in [5, 5.41) is 20.7. The number of aliphatic hydroxyl groups excluding tert-OH is 2. The van der Waals surface area contributed by atoms with Gasteiger partial charge in [0.2, 0.25) is 0 Å². The van der Waals surface area contributed by atoms with Crippen LogP contribution in [0.2, 0.25) is 0 Å². The molecular weight excluding hydrogens is 328 g/mol. The Labute approximate surface area is 156 Å². The number of hydrogen-bond donors (Lipinski definition) is 2. The first-order chi connectivity index (χ1) is 12.1. The number of carbonyl (C=O) groups is 2. The third-order valence-corrected chi connectivity index (χ3v) is 8.23. The summed E-state index contributed by atoms with van der Waals surface area (Å²) < 4.78 is 0. The summed E-state index contributed by atoms with van der Waals surface area (Å²) >= 11 is 0. The third kappa shape index (κ3) is 2.49. The van der Waals surface area contributed by atoms with E-state index in [0.29, 0.717) is 12.8 Å². The van der Waals surface area contributed by atoms with Crippen molar-refractivity contribution in [3.63, 3.8) is 0 Å². The van der Waals surface area contributed by atoms with Gasteiger partial charge in [0.05, 0.1) is 12.7 Å². The molecule has 0 heterocycles. The second-order valence-corrected chi connectivity index (χ2v) is 9.47. The number of hydrogen-bond acceptors (Lipinski definition) is 4. The molecule has 0 aromatic carbocycles. The van der Waals surface area contributed by atoms with E-state index < -0.39 is 11.5 Å². The van der Waals surface area contributed by atoms with Crippen LogP contribution in [-0.4, -0.2) is 35.0 Å². The molecule has 0 unspecified atom stereocenters. The highest BCUT2D eigenvalue weighted by molar-refractivity contribution is 6.01. The van der Waals surface area contributed by atoms with Gasteiger partial charge in [0.25, 0.3) is 0 Å². The number of aliphatic hydroxyl groups is 2. The molecule has 0 amide bonds. The van der Waals surface area contributed by atoms with Gasteiger partial charge in [-0.3, -0.25) is 9.59 Å². The van der Waals surface area contributed by atoms with Crippen LogP contribution in [-0.2, 0) is 9.59 Å². The SMILES string of the molecule is CC(/C=C\C=O)=C1\C(=O)C[C@H]2[C@@]3(C)CC[C@@H](O)[C@](C)(CO)[C@@H]3CC[C@]12C. The van der Waals surface area contributed by atoms with Crippen LogP contribution >= 0.6 is 0 Å². The molecule has 3 rings (SSSR count). The van der Waals surface area contributed by atoms with E-state index in [-0.39, 0.29) is 35.1 Å². The Bertz CT molecular complexity index is 678. The maximum Gasteiger partial charge on any atom is 0.160 e. The van der Waals surface area contributed by atoms with Crippen molar-refractivity contribution in [3.8, 4) is 0 Å². The summed E-state index contributed by atoms with van der Waals surface area (Å²) in [5.74, 6) is 0.623. The molecule has 4 nitrogen and oxygen atoms in total. The summed E-state index contributed by atoms with van der Waals surface area (Å²) in [6, 6.07) is 0. The lowest BCUT2D eigenvalue weighted by Crippen LogP contribution is -2.59. The van der Waals surface area contributed by atoms with Crippen LogP contribution in [0.4, 0.5) is 0 Å². The zero-order valence-electron chi connectivity index (χ0n) is 16.4. The molecule has 3 aliphatic rings. The number of Topliss-reactive ketones (excluding diaryl/α,β-unsaturated/α-hetero) is 1. The summed E-state index contributed by atoms with van der Waals surface area (Å²) in [6.45, 7) is 8.40. The molecule has 0 aliphatic heterocycles. The zero-order chi connectivity index (χ0) is 19.3. The van der Waals surface area contributed by atoms with Crippen molar-refractivity contribution in [1.82, 2.24) is 0 Å². The number of allylic oxidation sites excluding steroid dienone is 4. The summed E-state index contributed by atoms with van der Waals surface area (Å²) in [5.41, 5.74) is 1.01. The van der Waals surface area contributed by atoms with Crippen LogP contribution in [0.5, 0.6) is 0 Å². The Balaban J connectivity index is 2.07. The molecular formula is C22H32O4. The van der Waals surface area contributed by atoms with E-state index in [0.717, 1.165) is 36.7 Å². The van der Waals surface area contributed by atoms with E-state index in [4.69, 9.17) is 0 Å². The van der Waals surface area contributed by atoms with Gasteiger partial charge in [0.15, 0.2) is 5.78 Å². The normalized spacial score (nSPS) is 47.6. The number of aldehydes is 1. The van der Waals surface area contributed by atoms with Crippen LogP contribution in [0, 0.1) is 28.1 Å². The molecule has 0 bridgehead atoms. The Morgan fingerprint density at radius 1 is 1.19 bits per heavy atom. The van der Waals surface area contributed by atoms with Crippen molar-refractivity contribution in [2.24, 2.45) is 28.1 Å². The minimum absolute atomic E-state index is 0.0183. The summed E-state index contributed by atoms with van der Waals surface area (Å²) in [6.07, 6.45) is 7.35. The van der Waals surface area contributed by atoms with Crippen molar-refractivity contribution in [2.75, 3.05) is 6.61 Å². The number of rotatable bonds is 3. The van der Waals surface area contributed by atoms with Gasteiger partial charge in [0, 0.05) is 22.8 Å². The first kappa shape index (κ1) is 19.5. The van der Waals surface area contributed by atoms with Gasteiger partial charge in [-0.15, -0.1) is 0 Å². The minimum atomic E-state index is -0.504. The molecule has 3 fully saturated rings. The zero-order valence-corrected chi connectivity index (χ0v) is 16.4. The monoisotopic (exact) mass is 360 g/mol. The second-order valence-electron chi connectivity index (χ2n) is 9.47. The molecule has 4 heteroatoms. The fraction of sp³-hybridized carbons (Fsp3) is 0.727. The minimum Gasteiger partial charge on any atom is -0.396 e. The molecule has 144 valence electrons. The van der Waals surface area contributed by atoms with Crippen molar-refractivity contribution in [3.05, 3.63) is 23.3 Å². The molecule has 0 aromatic heterocycles. The molecule has 3 saturated carbocycles. The van der Waals surface area contributed by atoms with Gasteiger partial charge in [0.1, 0.15) is 6.29 Å². The molecule has 6 atom stereocenters. The Morgan fingerprint density at radius 2 is 1.88 bits per heavy atom. The predicted octanol–water partition coefficient (Wildman–Crippen LogP) is 3.22. The van der Waals surface area contributed by atoms with Gasteiger partial charge in [-0.2, -0.15) is 0 Å². The molecule has 2 N–H and O–H groups in total. The highest BCUT2D eigenvalue weighted by Gasteiger charge is 2.65. The average Bonchev–Trinajstić information content (AvgIpc) is 2.88. The van der Waals surface area contributed by atoms with Crippen molar-refractivity contribution in [2.45, 2.75) is 65.9 Å². The summed E-state index contributed by atoms with van der Waals surface area (Å²) in [4.78, 5) is 23.7. The lowest BCUT2D eigenvalue weighted by molar-refractivity contribution is -0.178. The van der Waals surface area contributed by atoms with Gasteiger partial charge >= 0.3 is 0 Å². The van der Waals surface area contributed by atoms with Gasteiger partial charge in [-0.05, 0) is 61.5 Å². The quantitative estimate of drug-likeness (QED) is 0.599. The van der Waals surface area contributed by atoms with E-state index >= 15 is 0 Å². The van der Waals surface area contributed by atoms with E-state index in [1.807, 2.05) is 13.8 Å². The van der Waals surface area contributed by atoms with Crippen molar-refractivity contribution < 1.29 is 19.8 Å². The van der Waals surface area contributed by atoms with Crippen LogP contribution in [0.1, 0.15) is 59.8 Å². The fourth-order valence-electron chi connectivity index (χ4n) is 6.88. The fourth-order valence-corrected chi connectivity index (χ4v) is 6.88. The van der Waals surface area contributed by atoms with Crippen molar-refractivity contribution in [1.29, 1.82) is 0 Å². The lowest BCUT2D eigenvalue weighted by Gasteiger charge is -2.62. The maximum atomic E-state index is 13.0. The molecule has 0 spiro atoms. The number of fused-ring (bicyclic) bond motifs is 3. The highest BCUT2D eigenvalue weighted by Crippen LogP contribution is 2.69. The van der Waals surface area contributed by atoms with Crippen LogP contribution in [0.15, 0.2) is 23.3 Å². The number of carbonyl (C=O) groups excluding carboxylic acids is 2. The maximum absolute atomic E-state index is 13.0.